The molecule has 0 fully saturated rings. The normalized spacial score (nSPS) is 11.1. The van der Waals surface area contributed by atoms with Crippen molar-refractivity contribution in [3.63, 3.8) is 0 Å². The van der Waals surface area contributed by atoms with E-state index in [9.17, 15) is 4.79 Å². The summed E-state index contributed by atoms with van der Waals surface area (Å²) in [6, 6.07) is 7.70. The molecule has 0 spiro atoms. The van der Waals surface area contributed by atoms with Gasteiger partial charge in [-0.15, -0.1) is 0 Å². The Morgan fingerprint density at radius 3 is 2.40 bits per heavy atom. The molecule has 0 aromatic heterocycles. The Hall–Kier alpha value is -1.83. The van der Waals surface area contributed by atoms with Crippen molar-refractivity contribution in [3.05, 3.63) is 48.1 Å². The van der Waals surface area contributed by atoms with Crippen LogP contribution in [-0.4, -0.2) is 12.9 Å². The Labute approximate surface area is 89.9 Å². The molecule has 15 heavy (non-hydrogen) atoms. The fourth-order valence-electron chi connectivity index (χ4n) is 1.07. The van der Waals surface area contributed by atoms with Crippen molar-refractivity contribution in [1.29, 1.82) is 0 Å². The summed E-state index contributed by atoms with van der Waals surface area (Å²) in [5.41, 5.74) is 1.07. The molecule has 0 atom stereocenters. The Kier molecular flexibility index (Phi) is 4.35. The van der Waals surface area contributed by atoms with Gasteiger partial charge in [-0.3, -0.25) is 4.79 Å². The van der Waals surface area contributed by atoms with Crippen molar-refractivity contribution in [2.24, 2.45) is 0 Å². The first kappa shape index (κ1) is 11.2. The second kappa shape index (κ2) is 5.81. The third-order valence-electron chi connectivity index (χ3n) is 1.85. The quantitative estimate of drug-likeness (QED) is 0.554. The summed E-state index contributed by atoms with van der Waals surface area (Å²) >= 11 is 0. The molecule has 1 rings (SSSR count). The molecule has 0 N–H and O–H groups in total. The number of carbonyl (C=O) groups is 1. The maximum Gasteiger partial charge on any atom is 0.152 e. The van der Waals surface area contributed by atoms with Crippen molar-refractivity contribution in [2.75, 3.05) is 7.11 Å². The number of rotatable bonds is 4. The highest BCUT2D eigenvalue weighted by atomic mass is 16.5. The van der Waals surface area contributed by atoms with Crippen LogP contribution in [0.25, 0.3) is 6.08 Å². The second-order valence-electron chi connectivity index (χ2n) is 3.10. The third-order valence-corrected chi connectivity index (χ3v) is 1.85. The average Bonchev–Trinajstić information content (AvgIpc) is 2.25. The van der Waals surface area contributed by atoms with Gasteiger partial charge in [0.25, 0.3) is 0 Å². The van der Waals surface area contributed by atoms with E-state index < -0.39 is 0 Å². The monoisotopic (exact) mass is 202 g/mol. The fraction of sp³-hybridized carbons (Fsp3) is 0.154. The van der Waals surface area contributed by atoms with E-state index in [0.29, 0.717) is 0 Å². The highest BCUT2D eigenvalue weighted by Gasteiger charge is 1.88. The average molecular weight is 202 g/mol. The lowest BCUT2D eigenvalue weighted by atomic mass is 10.2. The molecule has 0 aliphatic carbocycles. The zero-order valence-corrected chi connectivity index (χ0v) is 8.94. The van der Waals surface area contributed by atoms with Crippen molar-refractivity contribution >= 4 is 11.9 Å². The van der Waals surface area contributed by atoms with Crippen LogP contribution in [0.15, 0.2) is 42.5 Å². The largest absolute Gasteiger partial charge is 0.497 e. The van der Waals surface area contributed by atoms with E-state index in [0.717, 1.165) is 11.3 Å². The van der Waals surface area contributed by atoms with E-state index >= 15 is 0 Å². The van der Waals surface area contributed by atoms with E-state index in [4.69, 9.17) is 4.74 Å². The number of carbonyl (C=O) groups excluding carboxylic acids is 1. The minimum atomic E-state index is 0.0504. The van der Waals surface area contributed by atoms with Gasteiger partial charge in [0.1, 0.15) is 5.75 Å². The number of hydrogen-bond acceptors (Lipinski definition) is 2. The first-order chi connectivity index (χ1) is 7.22. The molecule has 0 unspecified atom stereocenters. The summed E-state index contributed by atoms with van der Waals surface area (Å²) in [7, 11) is 1.64. The third kappa shape index (κ3) is 4.27. The van der Waals surface area contributed by atoms with Crippen molar-refractivity contribution in [1.82, 2.24) is 0 Å². The number of methoxy groups -OCH3 is 1. The van der Waals surface area contributed by atoms with Crippen LogP contribution >= 0.6 is 0 Å². The molecular weight excluding hydrogens is 188 g/mol. The van der Waals surface area contributed by atoms with Crippen LogP contribution in [0.4, 0.5) is 0 Å². The Bertz CT molecular complexity index is 372. The van der Waals surface area contributed by atoms with Crippen LogP contribution in [-0.2, 0) is 4.79 Å². The summed E-state index contributed by atoms with van der Waals surface area (Å²) in [4.78, 5) is 10.6. The minimum absolute atomic E-state index is 0.0504. The maximum atomic E-state index is 10.6. The van der Waals surface area contributed by atoms with Crippen LogP contribution < -0.4 is 4.74 Å². The predicted octanol–water partition coefficient (Wildman–Crippen LogP) is 2.85. The van der Waals surface area contributed by atoms with Gasteiger partial charge in [-0.2, -0.15) is 0 Å². The molecule has 0 saturated carbocycles. The Morgan fingerprint density at radius 1 is 1.20 bits per heavy atom. The van der Waals surface area contributed by atoms with Crippen LogP contribution in [0, 0.1) is 0 Å². The van der Waals surface area contributed by atoms with Gasteiger partial charge in [0, 0.05) is 0 Å². The summed E-state index contributed by atoms with van der Waals surface area (Å²) in [5.74, 6) is 0.890. The number of ether oxygens (including phenoxy) is 1. The van der Waals surface area contributed by atoms with Crippen LogP contribution in [0.2, 0.25) is 0 Å². The van der Waals surface area contributed by atoms with Gasteiger partial charge in [0.2, 0.25) is 0 Å². The van der Waals surface area contributed by atoms with E-state index in [1.807, 2.05) is 36.4 Å². The second-order valence-corrected chi connectivity index (χ2v) is 3.10. The van der Waals surface area contributed by atoms with Gasteiger partial charge >= 0.3 is 0 Å². The molecule has 1 aromatic rings. The molecule has 1 aromatic carbocycles. The molecule has 2 heteroatoms. The van der Waals surface area contributed by atoms with Gasteiger partial charge in [-0.25, -0.2) is 0 Å². The lowest BCUT2D eigenvalue weighted by Gasteiger charge is -1.98. The zero-order chi connectivity index (χ0) is 11.1. The van der Waals surface area contributed by atoms with E-state index in [1.54, 1.807) is 13.2 Å². The Balaban J connectivity index is 2.61. The molecular formula is C13H14O2. The van der Waals surface area contributed by atoms with Crippen LogP contribution in [0.5, 0.6) is 5.75 Å². The molecule has 0 bridgehead atoms. The predicted molar refractivity (Wildman–Crippen MR) is 61.8 cm³/mol. The lowest BCUT2D eigenvalue weighted by Crippen LogP contribution is -1.81. The summed E-state index contributed by atoms with van der Waals surface area (Å²) in [6.45, 7) is 1.53. The van der Waals surface area contributed by atoms with Crippen LogP contribution in [0.1, 0.15) is 12.5 Å². The summed E-state index contributed by atoms with van der Waals surface area (Å²) in [5, 5.41) is 0. The molecule has 0 aliphatic rings. The molecule has 2 nitrogen and oxygen atoms in total. The lowest BCUT2D eigenvalue weighted by molar-refractivity contribution is -0.112. The smallest absolute Gasteiger partial charge is 0.152 e. The SMILES string of the molecule is COc1ccc(C=CC=CC(C)=O)cc1. The molecule has 0 radical (unpaired) electrons. The number of hydrogen-bond donors (Lipinski definition) is 0. The van der Waals surface area contributed by atoms with Gasteiger partial charge in [0.15, 0.2) is 5.78 Å². The van der Waals surface area contributed by atoms with Gasteiger partial charge in [0.05, 0.1) is 7.11 Å². The van der Waals surface area contributed by atoms with Gasteiger partial charge in [-0.05, 0) is 30.7 Å². The summed E-state index contributed by atoms with van der Waals surface area (Å²) < 4.78 is 5.04. The van der Waals surface area contributed by atoms with E-state index in [1.165, 1.54) is 13.0 Å². The van der Waals surface area contributed by atoms with Crippen molar-refractivity contribution in [2.45, 2.75) is 6.92 Å². The van der Waals surface area contributed by atoms with E-state index in [2.05, 4.69) is 0 Å². The van der Waals surface area contributed by atoms with E-state index in [-0.39, 0.29) is 5.78 Å². The minimum Gasteiger partial charge on any atom is -0.497 e. The fourth-order valence-corrected chi connectivity index (χ4v) is 1.07. The summed E-state index contributed by atoms with van der Waals surface area (Å²) in [6.07, 6.45) is 7.02. The zero-order valence-electron chi connectivity index (χ0n) is 8.94. The highest BCUT2D eigenvalue weighted by molar-refractivity contribution is 5.87. The molecule has 0 saturated heterocycles. The number of benzene rings is 1. The number of allylic oxidation sites excluding steroid dienone is 3. The standard InChI is InChI=1S/C13H14O2/c1-11(14)5-3-4-6-12-7-9-13(15-2)10-8-12/h3-10H,1-2H3. The molecule has 0 heterocycles. The Morgan fingerprint density at radius 2 is 1.87 bits per heavy atom. The molecule has 0 aliphatic heterocycles. The van der Waals surface area contributed by atoms with Crippen molar-refractivity contribution in [3.8, 4) is 5.75 Å². The van der Waals surface area contributed by atoms with Gasteiger partial charge < -0.3 is 4.74 Å². The van der Waals surface area contributed by atoms with Gasteiger partial charge in [-0.1, -0.05) is 30.4 Å². The maximum absolute atomic E-state index is 10.6. The molecule has 78 valence electrons. The first-order valence-corrected chi connectivity index (χ1v) is 4.72. The molecule has 0 amide bonds. The topological polar surface area (TPSA) is 26.3 Å². The number of ketones is 1. The van der Waals surface area contributed by atoms with Crippen molar-refractivity contribution < 1.29 is 9.53 Å². The highest BCUT2D eigenvalue weighted by Crippen LogP contribution is 2.12. The van der Waals surface area contributed by atoms with Crippen LogP contribution in [0.3, 0.4) is 0 Å². The first-order valence-electron chi connectivity index (χ1n) is 4.72.